The first-order chi connectivity index (χ1) is 11.7. The number of para-hydroxylation sites is 1. The van der Waals surface area contributed by atoms with E-state index in [1.165, 1.54) is 0 Å². The first-order valence-electron chi connectivity index (χ1n) is 7.84. The SMILES string of the molecule is N#Cc1cccc2[nH]c(NC(=O)C3(c4cccnc4)CCC3)nc12. The molecule has 2 heterocycles. The summed E-state index contributed by atoms with van der Waals surface area (Å²) in [6.07, 6.45) is 6.07. The normalized spacial score (nSPS) is 15.5. The monoisotopic (exact) mass is 317 g/mol. The molecule has 3 aromatic rings. The molecule has 1 aliphatic carbocycles. The highest BCUT2D eigenvalue weighted by atomic mass is 16.2. The van der Waals surface area contributed by atoms with Gasteiger partial charge in [0, 0.05) is 12.4 Å². The zero-order valence-corrected chi connectivity index (χ0v) is 12.9. The van der Waals surface area contributed by atoms with Gasteiger partial charge >= 0.3 is 0 Å². The molecule has 1 saturated carbocycles. The third-order valence-corrected chi connectivity index (χ3v) is 4.72. The van der Waals surface area contributed by atoms with Crippen LogP contribution in [0.3, 0.4) is 0 Å². The van der Waals surface area contributed by atoms with Gasteiger partial charge in [-0.15, -0.1) is 0 Å². The Hall–Kier alpha value is -3.20. The van der Waals surface area contributed by atoms with Crippen LogP contribution in [0.4, 0.5) is 5.95 Å². The van der Waals surface area contributed by atoms with Gasteiger partial charge in [-0.1, -0.05) is 18.6 Å². The quantitative estimate of drug-likeness (QED) is 0.776. The van der Waals surface area contributed by atoms with E-state index in [9.17, 15) is 4.79 Å². The Balaban J connectivity index is 1.66. The number of rotatable bonds is 3. The first-order valence-corrected chi connectivity index (χ1v) is 7.84. The Morgan fingerprint density at radius 1 is 1.29 bits per heavy atom. The molecule has 1 fully saturated rings. The van der Waals surface area contributed by atoms with Crippen LogP contribution >= 0.6 is 0 Å². The van der Waals surface area contributed by atoms with Gasteiger partial charge in [0.2, 0.25) is 11.9 Å². The van der Waals surface area contributed by atoms with Gasteiger partial charge in [0.15, 0.2) is 0 Å². The number of nitrogens with one attached hydrogen (secondary N) is 2. The van der Waals surface area contributed by atoms with Gasteiger partial charge in [-0.05, 0) is 36.6 Å². The van der Waals surface area contributed by atoms with E-state index >= 15 is 0 Å². The standard InChI is InChI=1S/C18H15N5O/c19-10-12-4-1-6-14-15(12)22-17(21-14)23-16(24)18(7-3-8-18)13-5-2-9-20-11-13/h1-2,4-6,9,11H,3,7-8H2,(H2,21,22,23,24). The fraction of sp³-hybridized carbons (Fsp3) is 0.222. The Kier molecular flexibility index (Phi) is 3.28. The largest absolute Gasteiger partial charge is 0.324 e. The second kappa shape index (κ2) is 5.46. The molecular weight excluding hydrogens is 302 g/mol. The van der Waals surface area contributed by atoms with E-state index in [0.717, 1.165) is 30.3 Å². The number of hydrogen-bond donors (Lipinski definition) is 2. The number of carbonyl (C=O) groups is 1. The summed E-state index contributed by atoms with van der Waals surface area (Å²) < 4.78 is 0. The number of hydrogen-bond acceptors (Lipinski definition) is 4. The van der Waals surface area contributed by atoms with Crippen molar-refractivity contribution in [3.05, 3.63) is 53.9 Å². The molecule has 0 unspecified atom stereocenters. The molecule has 1 aliphatic rings. The molecule has 6 heteroatoms. The zero-order chi connectivity index (χ0) is 16.6. The van der Waals surface area contributed by atoms with E-state index in [1.54, 1.807) is 24.5 Å². The molecular formula is C18H15N5O. The number of H-pyrrole nitrogens is 1. The topological polar surface area (TPSA) is 94.5 Å². The number of anilines is 1. The number of carbonyl (C=O) groups excluding carboxylic acids is 1. The van der Waals surface area contributed by atoms with Crippen LogP contribution in [0.1, 0.15) is 30.4 Å². The van der Waals surface area contributed by atoms with E-state index in [-0.39, 0.29) is 5.91 Å². The van der Waals surface area contributed by atoms with Crippen LogP contribution in [0.15, 0.2) is 42.7 Å². The van der Waals surface area contributed by atoms with Gasteiger partial charge in [-0.3, -0.25) is 15.1 Å². The average Bonchev–Trinajstić information content (AvgIpc) is 2.97. The van der Waals surface area contributed by atoms with Gasteiger partial charge in [0.25, 0.3) is 0 Å². The van der Waals surface area contributed by atoms with Crippen molar-refractivity contribution in [3.63, 3.8) is 0 Å². The highest BCUT2D eigenvalue weighted by Crippen LogP contribution is 2.44. The summed E-state index contributed by atoms with van der Waals surface area (Å²) in [7, 11) is 0. The van der Waals surface area contributed by atoms with Crippen molar-refractivity contribution in [1.82, 2.24) is 15.0 Å². The summed E-state index contributed by atoms with van der Waals surface area (Å²) in [6.45, 7) is 0. The van der Waals surface area contributed by atoms with E-state index in [1.807, 2.05) is 18.2 Å². The molecule has 6 nitrogen and oxygen atoms in total. The van der Waals surface area contributed by atoms with E-state index < -0.39 is 5.41 Å². The first kappa shape index (κ1) is 14.4. The molecule has 0 aliphatic heterocycles. The Morgan fingerprint density at radius 3 is 2.83 bits per heavy atom. The molecule has 0 atom stereocenters. The molecule has 2 N–H and O–H groups in total. The van der Waals surface area contributed by atoms with Gasteiger partial charge in [0.05, 0.1) is 16.5 Å². The summed E-state index contributed by atoms with van der Waals surface area (Å²) in [5.74, 6) is 0.284. The zero-order valence-electron chi connectivity index (χ0n) is 12.9. The van der Waals surface area contributed by atoms with Crippen molar-refractivity contribution < 1.29 is 4.79 Å². The van der Waals surface area contributed by atoms with Gasteiger partial charge in [0.1, 0.15) is 11.6 Å². The van der Waals surface area contributed by atoms with Crippen LogP contribution in [0, 0.1) is 11.3 Å². The molecule has 0 spiro atoms. The van der Waals surface area contributed by atoms with Crippen LogP contribution in [-0.2, 0) is 10.2 Å². The van der Waals surface area contributed by atoms with Gasteiger partial charge < -0.3 is 4.98 Å². The van der Waals surface area contributed by atoms with Gasteiger partial charge in [-0.2, -0.15) is 5.26 Å². The Morgan fingerprint density at radius 2 is 2.17 bits per heavy atom. The van der Waals surface area contributed by atoms with Crippen LogP contribution in [-0.4, -0.2) is 20.9 Å². The summed E-state index contributed by atoms with van der Waals surface area (Å²) >= 11 is 0. The third-order valence-electron chi connectivity index (χ3n) is 4.72. The number of imidazole rings is 1. The maximum Gasteiger partial charge on any atom is 0.237 e. The number of aromatic amines is 1. The van der Waals surface area contributed by atoms with Crippen molar-refractivity contribution in [2.75, 3.05) is 5.32 Å². The number of aromatic nitrogens is 3. The number of benzene rings is 1. The van der Waals surface area contributed by atoms with Crippen molar-refractivity contribution in [1.29, 1.82) is 5.26 Å². The minimum Gasteiger partial charge on any atom is -0.324 e. The third kappa shape index (κ3) is 2.14. The maximum absolute atomic E-state index is 12.9. The van der Waals surface area contributed by atoms with E-state index in [2.05, 4.69) is 26.3 Å². The minimum absolute atomic E-state index is 0.0840. The molecule has 0 bridgehead atoms. The molecule has 2 aromatic heterocycles. The lowest BCUT2D eigenvalue weighted by Crippen LogP contribution is -2.46. The summed E-state index contributed by atoms with van der Waals surface area (Å²) in [4.78, 5) is 24.5. The molecule has 0 saturated heterocycles. The fourth-order valence-corrected chi connectivity index (χ4v) is 3.23. The Labute approximate surface area is 138 Å². The lowest BCUT2D eigenvalue weighted by molar-refractivity contribution is -0.124. The van der Waals surface area contributed by atoms with Crippen molar-refractivity contribution in [2.45, 2.75) is 24.7 Å². The highest BCUT2D eigenvalue weighted by molar-refractivity contribution is 6.00. The van der Waals surface area contributed by atoms with Crippen molar-refractivity contribution in [3.8, 4) is 6.07 Å². The molecule has 0 radical (unpaired) electrons. The number of pyridine rings is 1. The number of fused-ring (bicyclic) bond motifs is 1. The van der Waals surface area contributed by atoms with Crippen molar-refractivity contribution in [2.24, 2.45) is 0 Å². The second-order valence-corrected chi connectivity index (χ2v) is 6.03. The lowest BCUT2D eigenvalue weighted by atomic mass is 9.64. The van der Waals surface area contributed by atoms with Crippen LogP contribution in [0.2, 0.25) is 0 Å². The fourth-order valence-electron chi connectivity index (χ4n) is 3.23. The predicted octanol–water partition coefficient (Wildman–Crippen LogP) is 2.89. The maximum atomic E-state index is 12.9. The minimum atomic E-state index is -0.536. The molecule has 4 rings (SSSR count). The molecule has 118 valence electrons. The number of nitrogens with zero attached hydrogens (tertiary/aromatic N) is 3. The lowest BCUT2D eigenvalue weighted by Gasteiger charge is -2.40. The number of nitriles is 1. The van der Waals surface area contributed by atoms with Crippen LogP contribution < -0.4 is 5.32 Å². The second-order valence-electron chi connectivity index (χ2n) is 6.03. The van der Waals surface area contributed by atoms with E-state index in [0.29, 0.717) is 17.0 Å². The van der Waals surface area contributed by atoms with Gasteiger partial charge in [-0.25, -0.2) is 4.98 Å². The Bertz CT molecular complexity index is 950. The summed E-state index contributed by atoms with van der Waals surface area (Å²) in [5.41, 5.74) is 2.18. The summed E-state index contributed by atoms with van der Waals surface area (Å²) in [5, 5.41) is 12.0. The van der Waals surface area contributed by atoms with E-state index in [4.69, 9.17) is 5.26 Å². The highest BCUT2D eigenvalue weighted by Gasteiger charge is 2.46. The summed E-state index contributed by atoms with van der Waals surface area (Å²) in [6, 6.07) is 11.2. The van der Waals surface area contributed by atoms with Crippen molar-refractivity contribution >= 4 is 22.9 Å². The molecule has 1 aromatic carbocycles. The molecule has 1 amide bonds. The smallest absolute Gasteiger partial charge is 0.237 e. The van der Waals surface area contributed by atoms with Crippen LogP contribution in [0.5, 0.6) is 0 Å². The molecule has 24 heavy (non-hydrogen) atoms. The predicted molar refractivity (Wildman–Crippen MR) is 89.2 cm³/mol. The average molecular weight is 317 g/mol. The number of amides is 1. The van der Waals surface area contributed by atoms with Crippen LogP contribution in [0.25, 0.3) is 11.0 Å².